The molecule has 0 amide bonds. The Bertz CT molecular complexity index is 813. The number of ether oxygens (including phenoxy) is 1. The molecule has 0 atom stereocenters. The average molecular weight is 316 g/mol. The SMILES string of the molecule is O=C(OCc1ccc(N=Nc2ccccc2)cc1)c1ccccc1. The molecule has 0 fully saturated rings. The van der Waals surface area contributed by atoms with Crippen LogP contribution in [0.25, 0.3) is 0 Å². The third-order valence-electron chi connectivity index (χ3n) is 3.35. The van der Waals surface area contributed by atoms with Gasteiger partial charge in [0.05, 0.1) is 16.9 Å². The predicted molar refractivity (Wildman–Crippen MR) is 92.6 cm³/mol. The fraction of sp³-hybridized carbons (Fsp3) is 0.0500. The van der Waals surface area contributed by atoms with Crippen molar-refractivity contribution < 1.29 is 9.53 Å². The van der Waals surface area contributed by atoms with Crippen LogP contribution in [-0.2, 0) is 11.3 Å². The number of benzene rings is 3. The van der Waals surface area contributed by atoms with Gasteiger partial charge in [-0.05, 0) is 42.0 Å². The average Bonchev–Trinajstić information content (AvgIpc) is 2.67. The Balaban J connectivity index is 1.57. The van der Waals surface area contributed by atoms with E-state index in [1.54, 1.807) is 12.1 Å². The summed E-state index contributed by atoms with van der Waals surface area (Å²) in [6, 6.07) is 25.9. The van der Waals surface area contributed by atoms with Crippen LogP contribution in [0.1, 0.15) is 15.9 Å². The molecule has 24 heavy (non-hydrogen) atoms. The van der Waals surface area contributed by atoms with Crippen LogP contribution in [0, 0.1) is 0 Å². The van der Waals surface area contributed by atoms with Gasteiger partial charge in [0.25, 0.3) is 0 Å². The number of hydrogen-bond donors (Lipinski definition) is 0. The van der Waals surface area contributed by atoms with Crippen molar-refractivity contribution in [2.75, 3.05) is 0 Å². The van der Waals surface area contributed by atoms with Crippen LogP contribution < -0.4 is 0 Å². The number of carbonyl (C=O) groups is 1. The minimum atomic E-state index is -0.330. The van der Waals surface area contributed by atoms with Crippen LogP contribution in [0.5, 0.6) is 0 Å². The Morgan fingerprint density at radius 1 is 0.708 bits per heavy atom. The first-order valence-electron chi connectivity index (χ1n) is 7.59. The van der Waals surface area contributed by atoms with Gasteiger partial charge >= 0.3 is 5.97 Å². The van der Waals surface area contributed by atoms with Gasteiger partial charge in [0, 0.05) is 0 Å². The summed E-state index contributed by atoms with van der Waals surface area (Å²) in [6.45, 7) is 0.226. The van der Waals surface area contributed by atoms with E-state index in [4.69, 9.17) is 4.74 Å². The van der Waals surface area contributed by atoms with E-state index in [9.17, 15) is 4.79 Å². The lowest BCUT2D eigenvalue weighted by atomic mass is 10.2. The van der Waals surface area contributed by atoms with Crippen molar-refractivity contribution in [3.63, 3.8) is 0 Å². The summed E-state index contributed by atoms with van der Waals surface area (Å²) >= 11 is 0. The summed E-state index contributed by atoms with van der Waals surface area (Å²) in [5.74, 6) is -0.330. The summed E-state index contributed by atoms with van der Waals surface area (Å²) in [4.78, 5) is 11.9. The smallest absolute Gasteiger partial charge is 0.338 e. The van der Waals surface area contributed by atoms with Gasteiger partial charge in [-0.2, -0.15) is 10.2 Å². The van der Waals surface area contributed by atoms with Crippen molar-refractivity contribution in [1.82, 2.24) is 0 Å². The van der Waals surface area contributed by atoms with E-state index in [1.165, 1.54) is 0 Å². The van der Waals surface area contributed by atoms with Gasteiger partial charge in [0.1, 0.15) is 6.61 Å². The number of hydrogen-bond acceptors (Lipinski definition) is 4. The Kier molecular flexibility index (Phi) is 5.10. The van der Waals surface area contributed by atoms with Gasteiger partial charge in [-0.15, -0.1) is 0 Å². The van der Waals surface area contributed by atoms with Gasteiger partial charge in [0.15, 0.2) is 0 Å². The summed E-state index contributed by atoms with van der Waals surface area (Å²) in [5, 5.41) is 8.34. The lowest BCUT2D eigenvalue weighted by molar-refractivity contribution is 0.0473. The minimum absolute atomic E-state index is 0.226. The number of rotatable bonds is 5. The molecule has 0 aliphatic carbocycles. The first kappa shape index (κ1) is 15.6. The zero-order valence-electron chi connectivity index (χ0n) is 13.0. The largest absolute Gasteiger partial charge is 0.457 e. The highest BCUT2D eigenvalue weighted by molar-refractivity contribution is 5.89. The van der Waals surface area contributed by atoms with E-state index in [0.29, 0.717) is 5.56 Å². The van der Waals surface area contributed by atoms with E-state index in [0.717, 1.165) is 16.9 Å². The lowest BCUT2D eigenvalue weighted by Crippen LogP contribution is -2.04. The van der Waals surface area contributed by atoms with E-state index in [1.807, 2.05) is 72.8 Å². The maximum Gasteiger partial charge on any atom is 0.338 e. The molecular formula is C20H16N2O2. The molecular weight excluding hydrogens is 300 g/mol. The molecule has 3 aromatic rings. The standard InChI is InChI=1S/C20H16N2O2/c23-20(17-7-3-1-4-8-17)24-15-16-11-13-19(14-12-16)22-21-18-9-5-2-6-10-18/h1-14H,15H2. The van der Waals surface area contributed by atoms with Crippen molar-refractivity contribution in [1.29, 1.82) is 0 Å². The third kappa shape index (κ3) is 4.36. The molecule has 0 saturated carbocycles. The number of esters is 1. The molecule has 0 spiro atoms. The molecule has 0 saturated heterocycles. The van der Waals surface area contributed by atoms with E-state index in [-0.39, 0.29) is 12.6 Å². The van der Waals surface area contributed by atoms with Crippen LogP contribution >= 0.6 is 0 Å². The third-order valence-corrected chi connectivity index (χ3v) is 3.35. The first-order valence-corrected chi connectivity index (χ1v) is 7.59. The Morgan fingerprint density at radius 2 is 1.25 bits per heavy atom. The van der Waals surface area contributed by atoms with E-state index >= 15 is 0 Å². The quantitative estimate of drug-likeness (QED) is 0.463. The molecule has 0 aromatic heterocycles. The number of nitrogens with zero attached hydrogens (tertiary/aromatic N) is 2. The molecule has 0 heterocycles. The van der Waals surface area contributed by atoms with Crippen LogP contribution in [0.3, 0.4) is 0 Å². The molecule has 0 aliphatic rings. The fourth-order valence-corrected chi connectivity index (χ4v) is 2.08. The summed E-state index contributed by atoms with van der Waals surface area (Å²) in [7, 11) is 0. The lowest BCUT2D eigenvalue weighted by Gasteiger charge is -2.05. The molecule has 0 aliphatic heterocycles. The monoisotopic (exact) mass is 316 g/mol. The molecule has 0 bridgehead atoms. The zero-order valence-corrected chi connectivity index (χ0v) is 13.0. The summed E-state index contributed by atoms with van der Waals surface area (Å²) < 4.78 is 5.29. The Hall–Kier alpha value is -3.27. The second-order valence-electron chi connectivity index (χ2n) is 5.14. The first-order chi connectivity index (χ1) is 11.8. The zero-order chi connectivity index (χ0) is 16.6. The molecule has 4 nitrogen and oxygen atoms in total. The highest BCUT2D eigenvalue weighted by atomic mass is 16.5. The second kappa shape index (κ2) is 7.83. The highest BCUT2D eigenvalue weighted by Gasteiger charge is 2.06. The summed E-state index contributed by atoms with van der Waals surface area (Å²) in [6.07, 6.45) is 0. The maximum absolute atomic E-state index is 11.9. The van der Waals surface area contributed by atoms with Gasteiger partial charge in [0.2, 0.25) is 0 Å². The second-order valence-corrected chi connectivity index (χ2v) is 5.14. The predicted octanol–water partition coefficient (Wildman–Crippen LogP) is 5.46. The van der Waals surface area contributed by atoms with Gasteiger partial charge in [-0.3, -0.25) is 0 Å². The molecule has 3 rings (SSSR count). The van der Waals surface area contributed by atoms with Crippen LogP contribution in [0.2, 0.25) is 0 Å². The number of azo groups is 1. The van der Waals surface area contributed by atoms with Crippen LogP contribution in [0.15, 0.2) is 95.2 Å². The molecule has 0 radical (unpaired) electrons. The van der Waals surface area contributed by atoms with Crippen molar-refractivity contribution in [3.05, 3.63) is 96.1 Å². The van der Waals surface area contributed by atoms with Crippen molar-refractivity contribution >= 4 is 17.3 Å². The fourth-order valence-electron chi connectivity index (χ4n) is 2.08. The Labute approximate surface area is 140 Å². The minimum Gasteiger partial charge on any atom is -0.457 e. The van der Waals surface area contributed by atoms with Gasteiger partial charge < -0.3 is 4.74 Å². The topological polar surface area (TPSA) is 51.0 Å². The normalized spacial score (nSPS) is 10.7. The molecule has 4 heteroatoms. The van der Waals surface area contributed by atoms with Crippen LogP contribution in [-0.4, -0.2) is 5.97 Å². The van der Waals surface area contributed by atoms with Crippen LogP contribution in [0.4, 0.5) is 11.4 Å². The number of carbonyl (C=O) groups excluding carboxylic acids is 1. The maximum atomic E-state index is 11.9. The summed E-state index contributed by atoms with van der Waals surface area (Å²) in [5.41, 5.74) is 3.00. The molecule has 3 aromatic carbocycles. The molecule has 0 N–H and O–H groups in total. The van der Waals surface area contributed by atoms with Gasteiger partial charge in [-0.25, -0.2) is 4.79 Å². The van der Waals surface area contributed by atoms with Crippen molar-refractivity contribution in [2.45, 2.75) is 6.61 Å². The highest BCUT2D eigenvalue weighted by Crippen LogP contribution is 2.18. The molecule has 0 unspecified atom stereocenters. The van der Waals surface area contributed by atoms with E-state index in [2.05, 4.69) is 10.2 Å². The van der Waals surface area contributed by atoms with Gasteiger partial charge in [-0.1, -0.05) is 48.5 Å². The Morgan fingerprint density at radius 3 is 1.88 bits per heavy atom. The van der Waals surface area contributed by atoms with E-state index < -0.39 is 0 Å². The van der Waals surface area contributed by atoms with Crippen molar-refractivity contribution in [2.24, 2.45) is 10.2 Å². The molecule has 118 valence electrons. The van der Waals surface area contributed by atoms with Crippen molar-refractivity contribution in [3.8, 4) is 0 Å².